The van der Waals surface area contributed by atoms with Gasteiger partial charge in [0.05, 0.1) is 13.8 Å². The topological polar surface area (TPSA) is 12.9 Å². The molecule has 1 aromatic heterocycles. The summed E-state index contributed by atoms with van der Waals surface area (Å²) in [5, 5.41) is 11.8. The fourth-order valence-electron chi connectivity index (χ4n) is 5.04. The first-order chi connectivity index (χ1) is 15.5. The highest BCUT2D eigenvalue weighted by Gasteiger charge is 2.21. The van der Waals surface area contributed by atoms with Gasteiger partial charge in [-0.15, -0.1) is 0 Å². The van der Waals surface area contributed by atoms with Crippen molar-refractivity contribution in [2.75, 3.05) is 0 Å². The van der Waals surface area contributed by atoms with Crippen molar-refractivity contribution in [1.82, 2.24) is 4.98 Å². The van der Waals surface area contributed by atoms with Gasteiger partial charge in [0, 0.05) is 17.1 Å². The molecule has 0 radical (unpaired) electrons. The van der Waals surface area contributed by atoms with Gasteiger partial charge in [-0.1, -0.05) is 104 Å². The average Bonchev–Trinajstić information content (AvgIpc) is 2.82. The minimum absolute atomic E-state index is 1.04. The van der Waals surface area contributed by atoms with E-state index in [9.17, 15) is 0 Å². The molecular weight excluding hydrogens is 402 g/mol. The van der Waals surface area contributed by atoms with Crippen molar-refractivity contribution in [3.63, 3.8) is 0 Å². The van der Waals surface area contributed by atoms with E-state index in [-0.39, 0.29) is 0 Å². The molecule has 0 aliphatic carbocycles. The van der Waals surface area contributed by atoms with E-state index in [4.69, 9.17) is 4.98 Å². The van der Waals surface area contributed by atoms with Gasteiger partial charge in [0.1, 0.15) is 0 Å². The lowest BCUT2D eigenvalue weighted by atomic mass is 9.94. The van der Waals surface area contributed by atoms with E-state index in [0.717, 1.165) is 5.69 Å². The van der Waals surface area contributed by atoms with Crippen LogP contribution in [-0.4, -0.2) is 13.1 Å². The largest absolute Gasteiger partial charge is 0.256 e. The molecule has 0 aliphatic rings. The van der Waals surface area contributed by atoms with Gasteiger partial charge in [-0.05, 0) is 49.8 Å². The maximum absolute atomic E-state index is 4.99. The Hall–Kier alpha value is -3.49. The molecule has 0 saturated carbocycles. The van der Waals surface area contributed by atoms with Crippen LogP contribution in [0.2, 0.25) is 19.6 Å². The van der Waals surface area contributed by atoms with Crippen molar-refractivity contribution >= 4 is 56.4 Å². The van der Waals surface area contributed by atoms with Gasteiger partial charge < -0.3 is 0 Å². The van der Waals surface area contributed by atoms with E-state index in [1.54, 1.807) is 0 Å². The van der Waals surface area contributed by atoms with Crippen LogP contribution in [0.15, 0.2) is 97.2 Å². The van der Waals surface area contributed by atoms with E-state index >= 15 is 0 Å². The Labute approximate surface area is 189 Å². The van der Waals surface area contributed by atoms with Crippen LogP contribution in [0.3, 0.4) is 0 Å². The van der Waals surface area contributed by atoms with Crippen molar-refractivity contribution in [1.29, 1.82) is 0 Å². The molecule has 0 N–H and O–H groups in total. The third-order valence-corrected chi connectivity index (χ3v) is 8.62. The summed E-state index contributed by atoms with van der Waals surface area (Å²) in [5.41, 5.74) is 2.24. The smallest absolute Gasteiger partial charge is 0.0784 e. The molecule has 0 bridgehead atoms. The highest BCUT2D eigenvalue weighted by Crippen LogP contribution is 2.36. The maximum atomic E-state index is 4.99. The first-order valence-electron chi connectivity index (χ1n) is 11.2. The van der Waals surface area contributed by atoms with E-state index < -0.39 is 8.07 Å². The number of fused-ring (bicyclic) bond motifs is 6. The predicted octanol–water partition coefficient (Wildman–Crippen LogP) is 7.91. The predicted molar refractivity (Wildman–Crippen MR) is 143 cm³/mol. The highest BCUT2D eigenvalue weighted by molar-refractivity contribution is 6.90. The number of benzene rings is 5. The Bertz CT molecular complexity index is 1660. The molecule has 5 aromatic carbocycles. The number of nitrogens with zero attached hydrogens (tertiary/aromatic N) is 1. The summed E-state index contributed by atoms with van der Waals surface area (Å²) in [6, 6.07) is 33.2. The Morgan fingerprint density at radius 3 is 1.84 bits per heavy atom. The molecule has 0 amide bonds. The normalized spacial score (nSPS) is 12.2. The van der Waals surface area contributed by atoms with Crippen LogP contribution in [0.25, 0.3) is 54.3 Å². The maximum Gasteiger partial charge on any atom is 0.0784 e. The molecule has 32 heavy (non-hydrogen) atoms. The number of hydrogen-bond donors (Lipinski definition) is 0. The lowest BCUT2D eigenvalue weighted by Crippen LogP contribution is -2.38. The SMILES string of the molecule is C[Si](C)(C)c1cc2cc(-c3cc4ccccc4c4ccccc34)ncc2c2ccccc12. The Kier molecular flexibility index (Phi) is 4.21. The molecule has 0 spiro atoms. The zero-order chi connectivity index (χ0) is 21.9. The Morgan fingerprint density at radius 1 is 0.531 bits per heavy atom. The molecule has 154 valence electrons. The monoisotopic (exact) mass is 427 g/mol. The average molecular weight is 428 g/mol. The van der Waals surface area contributed by atoms with Crippen LogP contribution < -0.4 is 5.19 Å². The van der Waals surface area contributed by atoms with Gasteiger partial charge in [-0.3, -0.25) is 4.98 Å². The summed E-state index contributed by atoms with van der Waals surface area (Å²) in [5.74, 6) is 0. The van der Waals surface area contributed by atoms with Gasteiger partial charge in [0.15, 0.2) is 0 Å². The van der Waals surface area contributed by atoms with Crippen LogP contribution in [0, 0.1) is 0 Å². The molecule has 6 rings (SSSR count). The number of hydrogen-bond acceptors (Lipinski definition) is 1. The summed E-state index contributed by atoms with van der Waals surface area (Å²) in [6.45, 7) is 7.29. The standard InChI is InChI=1S/C30H25NSi/c1-32(2,3)30-18-21-17-29(31-19-28(21)25-14-8-9-15-26(25)30)27-16-20-10-4-5-11-22(20)23-12-6-7-13-24(23)27/h4-19H,1-3H3. The first-order valence-corrected chi connectivity index (χ1v) is 14.7. The van der Waals surface area contributed by atoms with Gasteiger partial charge >= 0.3 is 0 Å². The van der Waals surface area contributed by atoms with E-state index in [2.05, 4.69) is 117 Å². The highest BCUT2D eigenvalue weighted by atomic mass is 28.3. The third-order valence-electron chi connectivity index (χ3n) is 6.60. The van der Waals surface area contributed by atoms with Crippen LogP contribution in [0.5, 0.6) is 0 Å². The Balaban J connectivity index is 1.69. The van der Waals surface area contributed by atoms with Crippen LogP contribution in [0.4, 0.5) is 0 Å². The zero-order valence-electron chi connectivity index (χ0n) is 18.7. The lowest BCUT2D eigenvalue weighted by molar-refractivity contribution is 1.37. The molecule has 0 unspecified atom stereocenters. The lowest BCUT2D eigenvalue weighted by Gasteiger charge is -2.21. The Morgan fingerprint density at radius 2 is 1.12 bits per heavy atom. The zero-order valence-corrected chi connectivity index (χ0v) is 19.7. The van der Waals surface area contributed by atoms with Crippen molar-refractivity contribution < 1.29 is 0 Å². The number of aromatic nitrogens is 1. The number of rotatable bonds is 2. The molecule has 2 heteroatoms. The quantitative estimate of drug-likeness (QED) is 0.202. The van der Waals surface area contributed by atoms with E-state index in [1.165, 1.54) is 53.8 Å². The van der Waals surface area contributed by atoms with Crippen LogP contribution >= 0.6 is 0 Å². The summed E-state index contributed by atoms with van der Waals surface area (Å²) >= 11 is 0. The van der Waals surface area contributed by atoms with Crippen molar-refractivity contribution in [3.05, 3.63) is 97.2 Å². The molecule has 0 fully saturated rings. The minimum atomic E-state index is -1.51. The summed E-state index contributed by atoms with van der Waals surface area (Å²) < 4.78 is 0. The molecule has 0 aliphatic heterocycles. The van der Waals surface area contributed by atoms with Gasteiger partial charge in [0.2, 0.25) is 0 Å². The van der Waals surface area contributed by atoms with Crippen molar-refractivity contribution in [2.45, 2.75) is 19.6 Å². The molecule has 1 heterocycles. The first kappa shape index (κ1) is 19.2. The fraction of sp³-hybridized carbons (Fsp3) is 0.100. The van der Waals surface area contributed by atoms with Crippen LogP contribution in [0.1, 0.15) is 0 Å². The van der Waals surface area contributed by atoms with Gasteiger partial charge in [-0.25, -0.2) is 0 Å². The second kappa shape index (κ2) is 7.01. The molecule has 0 saturated heterocycles. The fourth-order valence-corrected chi connectivity index (χ4v) is 6.65. The second-order valence-electron chi connectivity index (χ2n) is 9.70. The molecule has 1 nitrogen and oxygen atoms in total. The van der Waals surface area contributed by atoms with Crippen LogP contribution in [-0.2, 0) is 0 Å². The summed E-state index contributed by atoms with van der Waals surface area (Å²) in [7, 11) is -1.51. The molecular formula is C30H25NSi. The van der Waals surface area contributed by atoms with Crippen molar-refractivity contribution in [2.24, 2.45) is 0 Å². The van der Waals surface area contributed by atoms with Crippen molar-refractivity contribution in [3.8, 4) is 11.3 Å². The summed E-state index contributed by atoms with van der Waals surface area (Å²) in [6.07, 6.45) is 2.07. The third kappa shape index (κ3) is 2.95. The molecule has 0 atom stereocenters. The summed E-state index contributed by atoms with van der Waals surface area (Å²) in [4.78, 5) is 4.99. The second-order valence-corrected chi connectivity index (χ2v) is 14.7. The minimum Gasteiger partial charge on any atom is -0.256 e. The molecule has 6 aromatic rings. The van der Waals surface area contributed by atoms with E-state index in [0.29, 0.717) is 0 Å². The number of pyridine rings is 1. The van der Waals surface area contributed by atoms with Gasteiger partial charge in [-0.2, -0.15) is 0 Å². The van der Waals surface area contributed by atoms with E-state index in [1.807, 2.05) is 0 Å². The van der Waals surface area contributed by atoms with Gasteiger partial charge in [0.25, 0.3) is 0 Å².